The molecule has 0 atom stereocenters. The zero-order valence-corrected chi connectivity index (χ0v) is 17.5. The van der Waals surface area contributed by atoms with Gasteiger partial charge < -0.3 is 9.64 Å². The van der Waals surface area contributed by atoms with Crippen LogP contribution >= 0.6 is 27.5 Å². The fraction of sp³-hybridized carbons (Fsp3) is 0.222. The lowest BCUT2D eigenvalue weighted by Crippen LogP contribution is -2.19. The Morgan fingerprint density at radius 2 is 1.85 bits per heavy atom. The second kappa shape index (κ2) is 7.60. The number of nitrogens with zero attached hydrogens (tertiary/aromatic N) is 2. The Kier molecular flexibility index (Phi) is 5.62. The number of halogens is 2. The molecular weight excluding hydrogens is 440 g/mol. The van der Waals surface area contributed by atoms with Gasteiger partial charge in [0.1, 0.15) is 12.4 Å². The first-order chi connectivity index (χ1) is 12.3. The molecule has 0 aliphatic carbocycles. The average Bonchev–Trinajstić information content (AvgIpc) is 2.94. The quantitative estimate of drug-likeness (QED) is 0.556. The van der Waals surface area contributed by atoms with Gasteiger partial charge in [-0.15, -0.1) is 0 Å². The van der Waals surface area contributed by atoms with Crippen molar-refractivity contribution in [3.63, 3.8) is 0 Å². The molecule has 1 heterocycles. The standard InChI is InChI=1S/C18H18BrClN2O3S/c1-21(2)9-10-25-18-12-22(17-8-5-14(20)11-16(17)18)26(23,24)15-6-3-13(19)4-7-15/h3-8,11-12H,9-10H2,1-2H3. The van der Waals surface area contributed by atoms with Gasteiger partial charge >= 0.3 is 0 Å². The monoisotopic (exact) mass is 456 g/mol. The highest BCUT2D eigenvalue weighted by atomic mass is 79.9. The van der Waals surface area contributed by atoms with Crippen LogP contribution in [0.15, 0.2) is 58.0 Å². The number of hydrogen-bond donors (Lipinski definition) is 0. The number of rotatable bonds is 6. The summed E-state index contributed by atoms with van der Waals surface area (Å²) < 4.78 is 34.1. The highest BCUT2D eigenvalue weighted by Crippen LogP contribution is 2.33. The van der Waals surface area contributed by atoms with Gasteiger partial charge in [-0.1, -0.05) is 27.5 Å². The number of likely N-dealkylation sites (N-methyl/N-ethyl adjacent to an activating group) is 1. The van der Waals surface area contributed by atoms with E-state index in [2.05, 4.69) is 15.9 Å². The molecule has 5 nitrogen and oxygen atoms in total. The van der Waals surface area contributed by atoms with Crippen LogP contribution in [0, 0.1) is 0 Å². The highest BCUT2D eigenvalue weighted by molar-refractivity contribution is 9.10. The molecule has 138 valence electrons. The lowest BCUT2D eigenvalue weighted by atomic mass is 10.2. The summed E-state index contributed by atoms with van der Waals surface area (Å²) in [5, 5.41) is 1.19. The van der Waals surface area contributed by atoms with Gasteiger partial charge in [0.05, 0.1) is 16.6 Å². The van der Waals surface area contributed by atoms with E-state index in [1.54, 1.807) is 42.5 Å². The Morgan fingerprint density at radius 3 is 2.50 bits per heavy atom. The zero-order valence-electron chi connectivity index (χ0n) is 14.3. The van der Waals surface area contributed by atoms with Gasteiger partial charge in [-0.2, -0.15) is 0 Å². The molecule has 0 aliphatic rings. The predicted molar refractivity (Wildman–Crippen MR) is 108 cm³/mol. The van der Waals surface area contributed by atoms with Crippen molar-refractivity contribution in [1.82, 2.24) is 8.87 Å². The summed E-state index contributed by atoms with van der Waals surface area (Å²) in [6.07, 6.45) is 1.51. The van der Waals surface area contributed by atoms with Crippen LogP contribution in [-0.4, -0.2) is 44.5 Å². The molecule has 2 aromatic carbocycles. The largest absolute Gasteiger partial charge is 0.490 e. The SMILES string of the molecule is CN(C)CCOc1cn(S(=O)(=O)c2ccc(Br)cc2)c2ccc(Cl)cc12. The van der Waals surface area contributed by atoms with Crippen molar-refractivity contribution in [1.29, 1.82) is 0 Å². The fourth-order valence-corrected chi connectivity index (χ4v) is 4.31. The maximum Gasteiger partial charge on any atom is 0.268 e. The average molecular weight is 458 g/mol. The Morgan fingerprint density at radius 1 is 1.15 bits per heavy atom. The smallest absolute Gasteiger partial charge is 0.268 e. The third kappa shape index (κ3) is 3.91. The van der Waals surface area contributed by atoms with Crippen LogP contribution in [-0.2, 0) is 10.0 Å². The second-order valence-electron chi connectivity index (χ2n) is 6.06. The molecule has 0 spiro atoms. The van der Waals surface area contributed by atoms with Gasteiger partial charge in [-0.25, -0.2) is 12.4 Å². The van der Waals surface area contributed by atoms with Gasteiger partial charge in [-0.05, 0) is 56.6 Å². The third-order valence-corrected chi connectivity index (χ3v) is 6.31. The molecule has 0 radical (unpaired) electrons. The molecule has 0 bridgehead atoms. The molecule has 0 amide bonds. The summed E-state index contributed by atoms with van der Waals surface area (Å²) in [5.41, 5.74) is 0.525. The zero-order chi connectivity index (χ0) is 18.9. The number of hydrogen-bond acceptors (Lipinski definition) is 4. The first-order valence-corrected chi connectivity index (χ1v) is 10.5. The third-order valence-electron chi connectivity index (χ3n) is 3.86. The minimum absolute atomic E-state index is 0.201. The first-order valence-electron chi connectivity index (χ1n) is 7.88. The summed E-state index contributed by atoms with van der Waals surface area (Å²) in [7, 11) is 0.138. The molecular formula is C18H18BrClN2O3S. The number of benzene rings is 2. The van der Waals surface area contributed by atoms with E-state index in [4.69, 9.17) is 16.3 Å². The first kappa shape index (κ1) is 19.2. The molecule has 26 heavy (non-hydrogen) atoms. The minimum Gasteiger partial charge on any atom is -0.490 e. The van der Waals surface area contributed by atoms with Crippen molar-refractivity contribution >= 4 is 48.5 Å². The molecule has 0 saturated carbocycles. The molecule has 3 aromatic rings. The number of fused-ring (bicyclic) bond motifs is 1. The van der Waals surface area contributed by atoms with E-state index in [0.717, 1.165) is 4.47 Å². The molecule has 0 aliphatic heterocycles. The normalized spacial score (nSPS) is 12.0. The Bertz CT molecular complexity index is 1030. The number of ether oxygens (including phenoxy) is 1. The van der Waals surface area contributed by atoms with Gasteiger partial charge in [0.2, 0.25) is 0 Å². The minimum atomic E-state index is -3.75. The topological polar surface area (TPSA) is 51.5 Å². The second-order valence-corrected chi connectivity index (χ2v) is 9.23. The summed E-state index contributed by atoms with van der Waals surface area (Å²) in [5.74, 6) is 0.491. The fourth-order valence-electron chi connectivity index (χ4n) is 2.52. The van der Waals surface area contributed by atoms with Crippen LogP contribution in [0.2, 0.25) is 5.02 Å². The van der Waals surface area contributed by atoms with E-state index in [0.29, 0.717) is 34.8 Å². The van der Waals surface area contributed by atoms with Crippen LogP contribution in [0.5, 0.6) is 5.75 Å². The Hall–Kier alpha value is -1.54. The van der Waals surface area contributed by atoms with Crippen molar-refractivity contribution in [3.8, 4) is 5.75 Å². The van der Waals surface area contributed by atoms with Crippen molar-refractivity contribution in [3.05, 3.63) is 58.2 Å². The van der Waals surface area contributed by atoms with Crippen molar-refractivity contribution in [2.45, 2.75) is 4.90 Å². The summed E-state index contributed by atoms with van der Waals surface area (Å²) in [6.45, 7) is 1.16. The maximum absolute atomic E-state index is 13.1. The Balaban J connectivity index is 2.09. The molecule has 0 saturated heterocycles. The van der Waals surface area contributed by atoms with Crippen molar-refractivity contribution in [2.75, 3.05) is 27.2 Å². The van der Waals surface area contributed by atoms with E-state index < -0.39 is 10.0 Å². The molecule has 0 N–H and O–H groups in total. The molecule has 8 heteroatoms. The van der Waals surface area contributed by atoms with Crippen LogP contribution in [0.3, 0.4) is 0 Å². The van der Waals surface area contributed by atoms with Gasteiger partial charge in [0.25, 0.3) is 10.0 Å². The summed E-state index contributed by atoms with van der Waals surface area (Å²) in [4.78, 5) is 2.19. The lowest BCUT2D eigenvalue weighted by molar-refractivity contribution is 0.263. The van der Waals surface area contributed by atoms with E-state index in [-0.39, 0.29) is 4.90 Å². The highest BCUT2D eigenvalue weighted by Gasteiger charge is 2.22. The van der Waals surface area contributed by atoms with Crippen LogP contribution in [0.1, 0.15) is 0 Å². The maximum atomic E-state index is 13.1. The predicted octanol–water partition coefficient (Wildman–Crippen LogP) is 4.23. The molecule has 0 unspecified atom stereocenters. The van der Waals surface area contributed by atoms with Gasteiger partial charge in [0.15, 0.2) is 0 Å². The van der Waals surface area contributed by atoms with E-state index >= 15 is 0 Å². The van der Waals surface area contributed by atoms with Gasteiger partial charge in [0, 0.05) is 21.4 Å². The van der Waals surface area contributed by atoms with Crippen LogP contribution in [0.25, 0.3) is 10.9 Å². The van der Waals surface area contributed by atoms with Gasteiger partial charge in [-0.3, -0.25) is 0 Å². The molecule has 0 fully saturated rings. The van der Waals surface area contributed by atoms with Crippen LogP contribution < -0.4 is 4.74 Å². The van der Waals surface area contributed by atoms with E-state index in [1.165, 1.54) is 10.2 Å². The van der Waals surface area contributed by atoms with Crippen molar-refractivity contribution in [2.24, 2.45) is 0 Å². The van der Waals surface area contributed by atoms with Crippen LogP contribution in [0.4, 0.5) is 0 Å². The van der Waals surface area contributed by atoms with E-state index in [9.17, 15) is 8.42 Å². The Labute approximate surface area is 166 Å². The van der Waals surface area contributed by atoms with E-state index in [1.807, 2.05) is 19.0 Å². The number of aromatic nitrogens is 1. The summed E-state index contributed by atoms with van der Waals surface area (Å²) >= 11 is 9.43. The lowest BCUT2D eigenvalue weighted by Gasteiger charge is -2.10. The molecule has 1 aromatic heterocycles. The van der Waals surface area contributed by atoms with Crippen molar-refractivity contribution < 1.29 is 13.2 Å². The molecule has 3 rings (SSSR count). The summed E-state index contributed by atoms with van der Waals surface area (Å²) in [6, 6.07) is 11.6.